The van der Waals surface area contributed by atoms with Gasteiger partial charge in [0.15, 0.2) is 5.60 Å². The van der Waals surface area contributed by atoms with Crippen molar-refractivity contribution >= 4 is 17.4 Å². The summed E-state index contributed by atoms with van der Waals surface area (Å²) < 4.78 is 67.6. The average Bonchev–Trinajstić information content (AvgIpc) is 3.08. The second-order valence-electron chi connectivity index (χ2n) is 7.28. The Morgan fingerprint density at radius 2 is 1.78 bits per heavy atom. The molecule has 0 saturated heterocycles. The first-order valence-corrected chi connectivity index (χ1v) is 9.28. The van der Waals surface area contributed by atoms with Crippen LogP contribution in [0, 0.1) is 11.6 Å². The molecular weight excluding hydrogens is 435 g/mol. The Bertz CT molecular complexity index is 1190. The second-order valence-corrected chi connectivity index (χ2v) is 7.28. The van der Waals surface area contributed by atoms with Crippen LogP contribution in [0.1, 0.15) is 28.5 Å². The fourth-order valence-electron chi connectivity index (χ4n) is 3.26. The summed E-state index contributed by atoms with van der Waals surface area (Å²) in [6, 6.07) is 6.80. The summed E-state index contributed by atoms with van der Waals surface area (Å²) in [6.45, 7) is 0.639. The molecule has 0 unspecified atom stereocenters. The first-order valence-electron chi connectivity index (χ1n) is 9.28. The fourth-order valence-corrected chi connectivity index (χ4v) is 3.26. The van der Waals surface area contributed by atoms with Crippen LogP contribution in [-0.2, 0) is 12.1 Å². The molecule has 0 fully saturated rings. The van der Waals surface area contributed by atoms with Gasteiger partial charge in [0.25, 0.3) is 5.91 Å². The highest BCUT2D eigenvalue weighted by molar-refractivity contribution is 6.04. The van der Waals surface area contributed by atoms with Gasteiger partial charge in [-0.15, -0.1) is 0 Å². The van der Waals surface area contributed by atoms with Gasteiger partial charge < -0.3 is 15.7 Å². The quantitative estimate of drug-likeness (QED) is 0.520. The Labute approximate surface area is 178 Å². The van der Waals surface area contributed by atoms with E-state index in [9.17, 15) is 31.9 Å². The Morgan fingerprint density at radius 1 is 1.09 bits per heavy atom. The number of pyridine rings is 2. The summed E-state index contributed by atoms with van der Waals surface area (Å²) in [5, 5.41) is 15.1. The first kappa shape index (κ1) is 21.6. The maximum absolute atomic E-state index is 14.3. The van der Waals surface area contributed by atoms with Crippen LogP contribution < -0.4 is 10.6 Å². The van der Waals surface area contributed by atoms with Crippen LogP contribution in [0.4, 0.5) is 33.5 Å². The SMILES string of the molecule is C[C@@](O)(c1ccc(Nc2cc(-c3c(F)cccc3F)nc3c2C(=O)NC3)nc1)C(F)(F)F. The fraction of sp³-hybridized carbons (Fsp3) is 0.190. The number of hydrogen-bond acceptors (Lipinski definition) is 5. The molecule has 32 heavy (non-hydrogen) atoms. The zero-order valence-corrected chi connectivity index (χ0v) is 16.4. The van der Waals surface area contributed by atoms with Gasteiger partial charge in [-0.25, -0.2) is 18.7 Å². The molecule has 1 aliphatic rings. The number of nitrogens with zero attached hydrogens (tertiary/aromatic N) is 2. The van der Waals surface area contributed by atoms with Crippen LogP contribution in [0.15, 0.2) is 42.6 Å². The van der Waals surface area contributed by atoms with Crippen molar-refractivity contribution in [2.45, 2.75) is 25.2 Å². The largest absolute Gasteiger partial charge is 0.421 e. The summed E-state index contributed by atoms with van der Waals surface area (Å²) in [4.78, 5) is 20.3. The van der Waals surface area contributed by atoms with E-state index in [0.717, 1.165) is 24.4 Å². The molecule has 1 atom stereocenters. The number of benzene rings is 1. The molecule has 2 aromatic heterocycles. The summed E-state index contributed by atoms with van der Waals surface area (Å²) in [5.74, 6) is -2.14. The van der Waals surface area contributed by atoms with E-state index in [4.69, 9.17) is 0 Å². The lowest BCUT2D eigenvalue weighted by Gasteiger charge is -2.26. The molecule has 1 aromatic carbocycles. The minimum Gasteiger partial charge on any atom is -0.376 e. The molecule has 0 spiro atoms. The third-order valence-electron chi connectivity index (χ3n) is 5.10. The number of aromatic nitrogens is 2. The van der Waals surface area contributed by atoms with Crippen LogP contribution in [0.25, 0.3) is 11.3 Å². The molecule has 0 radical (unpaired) electrons. The van der Waals surface area contributed by atoms with E-state index in [1.165, 1.54) is 18.2 Å². The number of anilines is 2. The number of fused-ring (bicyclic) bond motifs is 1. The number of aliphatic hydroxyl groups is 1. The number of nitrogens with one attached hydrogen (secondary N) is 2. The van der Waals surface area contributed by atoms with Crippen molar-refractivity contribution in [3.8, 4) is 11.3 Å². The Kier molecular flexibility index (Phi) is 5.08. The average molecular weight is 450 g/mol. The van der Waals surface area contributed by atoms with Crippen molar-refractivity contribution in [3.63, 3.8) is 0 Å². The van der Waals surface area contributed by atoms with Gasteiger partial charge in [-0.2, -0.15) is 13.2 Å². The van der Waals surface area contributed by atoms with E-state index in [-0.39, 0.29) is 40.6 Å². The molecular formula is C21H15F5N4O2. The highest BCUT2D eigenvalue weighted by Gasteiger charge is 2.51. The highest BCUT2D eigenvalue weighted by atomic mass is 19.4. The van der Waals surface area contributed by atoms with Gasteiger partial charge >= 0.3 is 6.18 Å². The van der Waals surface area contributed by atoms with Crippen LogP contribution in [0.3, 0.4) is 0 Å². The molecule has 1 amide bonds. The van der Waals surface area contributed by atoms with Crippen molar-refractivity contribution in [3.05, 3.63) is 71.1 Å². The van der Waals surface area contributed by atoms with Gasteiger partial charge in [0.2, 0.25) is 0 Å². The van der Waals surface area contributed by atoms with E-state index < -0.39 is 34.9 Å². The van der Waals surface area contributed by atoms with Crippen molar-refractivity contribution in [2.75, 3.05) is 5.32 Å². The predicted octanol–water partition coefficient (Wildman–Crippen LogP) is 4.18. The third-order valence-corrected chi connectivity index (χ3v) is 5.10. The Balaban J connectivity index is 1.74. The number of rotatable bonds is 4. The van der Waals surface area contributed by atoms with Crippen molar-refractivity contribution in [2.24, 2.45) is 0 Å². The van der Waals surface area contributed by atoms with Gasteiger partial charge in [0.05, 0.1) is 34.7 Å². The monoisotopic (exact) mass is 450 g/mol. The molecule has 1 aliphatic heterocycles. The number of amides is 1. The van der Waals surface area contributed by atoms with Crippen molar-refractivity contribution < 1.29 is 31.9 Å². The molecule has 0 bridgehead atoms. The molecule has 6 nitrogen and oxygen atoms in total. The molecule has 3 aromatic rings. The highest BCUT2D eigenvalue weighted by Crippen LogP contribution is 2.38. The van der Waals surface area contributed by atoms with E-state index in [2.05, 4.69) is 20.6 Å². The third kappa shape index (κ3) is 3.64. The Hall–Kier alpha value is -3.60. The van der Waals surface area contributed by atoms with Gasteiger partial charge in [0, 0.05) is 11.8 Å². The lowest BCUT2D eigenvalue weighted by atomic mass is 9.97. The van der Waals surface area contributed by atoms with Crippen molar-refractivity contribution in [1.29, 1.82) is 0 Å². The van der Waals surface area contributed by atoms with E-state index in [1.54, 1.807) is 0 Å². The number of carbonyl (C=O) groups excluding carboxylic acids is 1. The van der Waals surface area contributed by atoms with Gasteiger partial charge in [-0.1, -0.05) is 12.1 Å². The number of alkyl halides is 3. The van der Waals surface area contributed by atoms with E-state index in [1.807, 2.05) is 0 Å². The summed E-state index contributed by atoms with van der Waals surface area (Å²) >= 11 is 0. The van der Waals surface area contributed by atoms with Crippen molar-refractivity contribution in [1.82, 2.24) is 15.3 Å². The zero-order valence-electron chi connectivity index (χ0n) is 16.4. The van der Waals surface area contributed by atoms with Crippen LogP contribution in [-0.4, -0.2) is 27.2 Å². The number of carbonyl (C=O) groups is 1. The van der Waals surface area contributed by atoms with Gasteiger partial charge in [-0.3, -0.25) is 4.79 Å². The number of halogens is 5. The van der Waals surface area contributed by atoms with E-state index >= 15 is 0 Å². The molecule has 4 rings (SSSR count). The summed E-state index contributed by atoms with van der Waals surface area (Å²) in [6.07, 6.45) is -4.07. The zero-order chi connectivity index (χ0) is 23.3. The molecule has 3 N–H and O–H groups in total. The topological polar surface area (TPSA) is 87.1 Å². The molecule has 0 saturated carbocycles. The van der Waals surface area contributed by atoms with Crippen LogP contribution >= 0.6 is 0 Å². The lowest BCUT2D eigenvalue weighted by molar-refractivity contribution is -0.259. The van der Waals surface area contributed by atoms with Crippen LogP contribution in [0.5, 0.6) is 0 Å². The molecule has 3 heterocycles. The lowest BCUT2D eigenvalue weighted by Crippen LogP contribution is -2.39. The normalized spacial score (nSPS) is 15.2. The first-order chi connectivity index (χ1) is 15.0. The Morgan fingerprint density at radius 3 is 2.38 bits per heavy atom. The van der Waals surface area contributed by atoms with Crippen LogP contribution in [0.2, 0.25) is 0 Å². The predicted molar refractivity (Wildman–Crippen MR) is 104 cm³/mol. The maximum Gasteiger partial charge on any atom is 0.421 e. The van der Waals surface area contributed by atoms with E-state index in [0.29, 0.717) is 6.92 Å². The molecule has 11 heteroatoms. The minimum absolute atomic E-state index is 0.0353. The summed E-state index contributed by atoms with van der Waals surface area (Å²) in [5.41, 5.74) is -3.57. The molecule has 0 aliphatic carbocycles. The standard InChI is InChI=1S/C21H15F5N4O2/c1-20(32,21(24,25)26)10-5-6-16(27-8-10)30-14-7-13(17-11(22)3-2-4-12(17)23)29-15-9-28-19(31)18(14)15/h2-8,32H,9H2,1H3,(H,28,31)(H,27,29,30)/t20-/m1/s1. The second kappa shape index (κ2) is 7.52. The molecule has 166 valence electrons. The minimum atomic E-state index is -4.91. The summed E-state index contributed by atoms with van der Waals surface area (Å²) in [7, 11) is 0. The maximum atomic E-state index is 14.3. The van der Waals surface area contributed by atoms with Gasteiger partial charge in [0.1, 0.15) is 17.5 Å². The smallest absolute Gasteiger partial charge is 0.376 e. The number of hydrogen-bond donors (Lipinski definition) is 3. The van der Waals surface area contributed by atoms with Gasteiger partial charge in [-0.05, 0) is 31.2 Å².